The fraction of sp³-hybridized carbons (Fsp3) is 1.00. The third-order valence-electron chi connectivity index (χ3n) is 2.13. The first-order valence-corrected chi connectivity index (χ1v) is 6.13. The Morgan fingerprint density at radius 2 is 2.15 bits per heavy atom. The van der Waals surface area contributed by atoms with Crippen LogP contribution in [0.4, 0.5) is 8.78 Å². The molecule has 1 atom stereocenters. The van der Waals surface area contributed by atoms with E-state index in [1.54, 1.807) is 0 Å². The number of rotatable bonds is 2. The van der Waals surface area contributed by atoms with Gasteiger partial charge in [0, 0.05) is 31.7 Å². The molecule has 1 aliphatic rings. The van der Waals surface area contributed by atoms with Crippen LogP contribution in [0.1, 0.15) is 6.42 Å². The van der Waals surface area contributed by atoms with Crippen molar-refractivity contribution in [2.24, 2.45) is 5.92 Å². The van der Waals surface area contributed by atoms with Gasteiger partial charge in [-0.15, -0.1) is 0 Å². The molecule has 0 aromatic heterocycles. The Morgan fingerprint density at radius 3 is 2.62 bits per heavy atom. The third kappa shape index (κ3) is 3.19. The van der Waals surface area contributed by atoms with E-state index in [1.165, 1.54) is 0 Å². The van der Waals surface area contributed by atoms with E-state index in [1.807, 2.05) is 0 Å². The van der Waals surface area contributed by atoms with E-state index in [4.69, 9.17) is 0 Å². The van der Waals surface area contributed by atoms with Crippen LogP contribution in [0.5, 0.6) is 0 Å². The molecule has 78 valence electrons. The lowest BCUT2D eigenvalue weighted by Crippen LogP contribution is -2.47. The largest absolute Gasteiger partial charge is 0.316 e. The second-order valence-electron chi connectivity index (χ2n) is 3.50. The minimum atomic E-state index is -3.31. The van der Waals surface area contributed by atoms with E-state index < -0.39 is 27.4 Å². The SMILES string of the molecule is CS(=O)(=O)CC1CNCCC1(F)F. The van der Waals surface area contributed by atoms with Crippen LogP contribution in [0.25, 0.3) is 0 Å². The fourth-order valence-corrected chi connectivity index (χ4v) is 2.52. The predicted molar refractivity (Wildman–Crippen MR) is 45.6 cm³/mol. The van der Waals surface area contributed by atoms with Gasteiger partial charge in [-0.3, -0.25) is 0 Å². The van der Waals surface area contributed by atoms with Crippen molar-refractivity contribution < 1.29 is 17.2 Å². The summed E-state index contributed by atoms with van der Waals surface area (Å²) >= 11 is 0. The molecule has 1 fully saturated rings. The molecule has 0 aromatic carbocycles. The zero-order chi connectivity index (χ0) is 10.1. The molecule has 0 aromatic rings. The highest BCUT2D eigenvalue weighted by Gasteiger charge is 2.42. The molecule has 3 nitrogen and oxygen atoms in total. The second kappa shape index (κ2) is 3.49. The van der Waals surface area contributed by atoms with E-state index in [-0.39, 0.29) is 19.5 Å². The smallest absolute Gasteiger partial charge is 0.254 e. The number of sulfone groups is 1. The van der Waals surface area contributed by atoms with Gasteiger partial charge in [0.15, 0.2) is 0 Å². The van der Waals surface area contributed by atoms with Gasteiger partial charge in [0.05, 0.1) is 5.75 Å². The van der Waals surface area contributed by atoms with Crippen LogP contribution in [-0.2, 0) is 9.84 Å². The van der Waals surface area contributed by atoms with Crippen LogP contribution in [-0.4, -0.2) is 39.4 Å². The second-order valence-corrected chi connectivity index (χ2v) is 5.69. The van der Waals surface area contributed by atoms with Gasteiger partial charge in [-0.2, -0.15) is 0 Å². The predicted octanol–water partition coefficient (Wildman–Crippen LogP) is 0.276. The van der Waals surface area contributed by atoms with Gasteiger partial charge in [-0.05, 0) is 0 Å². The van der Waals surface area contributed by atoms with E-state index >= 15 is 0 Å². The molecule has 0 amide bonds. The number of hydrogen-bond donors (Lipinski definition) is 1. The summed E-state index contributed by atoms with van der Waals surface area (Å²) in [6.07, 6.45) is 0.713. The van der Waals surface area contributed by atoms with Crippen LogP contribution >= 0.6 is 0 Å². The normalized spacial score (nSPS) is 28.7. The van der Waals surface area contributed by atoms with Crippen molar-refractivity contribution in [1.29, 1.82) is 0 Å². The Kier molecular flexibility index (Phi) is 2.91. The summed E-state index contributed by atoms with van der Waals surface area (Å²) in [7, 11) is -3.31. The molecule has 0 bridgehead atoms. The van der Waals surface area contributed by atoms with Crippen molar-refractivity contribution >= 4 is 9.84 Å². The average molecular weight is 213 g/mol. The van der Waals surface area contributed by atoms with E-state index in [0.29, 0.717) is 0 Å². The first kappa shape index (κ1) is 10.8. The average Bonchev–Trinajstić information content (AvgIpc) is 1.91. The number of piperidine rings is 1. The summed E-state index contributed by atoms with van der Waals surface area (Å²) in [6.45, 7) is 0.341. The maximum absolute atomic E-state index is 13.1. The topological polar surface area (TPSA) is 46.2 Å². The van der Waals surface area contributed by atoms with Crippen molar-refractivity contribution in [3.8, 4) is 0 Å². The first-order chi connectivity index (χ1) is 5.81. The third-order valence-corrected chi connectivity index (χ3v) is 3.13. The van der Waals surface area contributed by atoms with Crippen LogP contribution in [0.15, 0.2) is 0 Å². The van der Waals surface area contributed by atoms with Crippen LogP contribution in [0.2, 0.25) is 0 Å². The highest BCUT2D eigenvalue weighted by Crippen LogP contribution is 2.31. The number of halogens is 2. The molecule has 1 rings (SSSR count). The molecule has 1 unspecified atom stereocenters. The molecule has 6 heteroatoms. The molecule has 1 heterocycles. The highest BCUT2D eigenvalue weighted by atomic mass is 32.2. The summed E-state index contributed by atoms with van der Waals surface area (Å²) in [4.78, 5) is 0. The van der Waals surface area contributed by atoms with Gasteiger partial charge in [0.25, 0.3) is 5.92 Å². The standard InChI is InChI=1S/C7H13F2NO2S/c1-13(11,12)5-6-4-10-3-2-7(6,8)9/h6,10H,2-5H2,1H3. The van der Waals surface area contributed by atoms with Gasteiger partial charge in [0.1, 0.15) is 9.84 Å². The van der Waals surface area contributed by atoms with Crippen LogP contribution in [0.3, 0.4) is 0 Å². The van der Waals surface area contributed by atoms with Crippen molar-refractivity contribution in [2.75, 3.05) is 25.1 Å². The Labute approximate surface area is 76.4 Å². The Bertz CT molecular complexity index is 276. The first-order valence-electron chi connectivity index (χ1n) is 4.07. The lowest BCUT2D eigenvalue weighted by molar-refractivity contribution is -0.0696. The lowest BCUT2D eigenvalue weighted by Gasteiger charge is -2.31. The van der Waals surface area contributed by atoms with E-state index in [9.17, 15) is 17.2 Å². The fourth-order valence-electron chi connectivity index (χ4n) is 1.43. The maximum Gasteiger partial charge on any atom is 0.254 e. The Morgan fingerprint density at radius 1 is 1.54 bits per heavy atom. The molecule has 0 radical (unpaired) electrons. The maximum atomic E-state index is 13.1. The monoisotopic (exact) mass is 213 g/mol. The van der Waals surface area contributed by atoms with E-state index in [0.717, 1.165) is 6.26 Å². The summed E-state index contributed by atoms with van der Waals surface area (Å²) in [6, 6.07) is 0. The quantitative estimate of drug-likeness (QED) is 0.716. The lowest BCUT2D eigenvalue weighted by atomic mass is 9.97. The van der Waals surface area contributed by atoms with Crippen molar-refractivity contribution in [3.63, 3.8) is 0 Å². The van der Waals surface area contributed by atoms with E-state index in [2.05, 4.69) is 5.32 Å². The molecule has 1 aliphatic heterocycles. The molecule has 0 aliphatic carbocycles. The van der Waals surface area contributed by atoms with Crippen molar-refractivity contribution in [3.05, 3.63) is 0 Å². The summed E-state index contributed by atoms with van der Waals surface area (Å²) in [5.74, 6) is -4.35. The van der Waals surface area contributed by atoms with Crippen molar-refractivity contribution in [1.82, 2.24) is 5.32 Å². The molecule has 1 saturated heterocycles. The van der Waals surface area contributed by atoms with Gasteiger partial charge in [-0.25, -0.2) is 17.2 Å². The Balaban J connectivity index is 2.67. The van der Waals surface area contributed by atoms with Crippen LogP contribution in [0, 0.1) is 5.92 Å². The zero-order valence-corrected chi connectivity index (χ0v) is 8.20. The summed E-state index contributed by atoms with van der Waals surface area (Å²) in [5.41, 5.74) is 0. The Hall–Kier alpha value is -0.230. The molecule has 13 heavy (non-hydrogen) atoms. The molecular weight excluding hydrogens is 200 g/mol. The van der Waals surface area contributed by atoms with Gasteiger partial charge in [-0.1, -0.05) is 0 Å². The molecule has 0 spiro atoms. The van der Waals surface area contributed by atoms with Gasteiger partial charge >= 0.3 is 0 Å². The minimum Gasteiger partial charge on any atom is -0.316 e. The summed E-state index contributed by atoms with van der Waals surface area (Å²) < 4.78 is 47.8. The molecular formula is C7H13F2NO2S. The summed E-state index contributed by atoms with van der Waals surface area (Å²) in [5, 5.41) is 2.77. The number of nitrogens with one attached hydrogen (secondary N) is 1. The van der Waals surface area contributed by atoms with Crippen LogP contribution < -0.4 is 5.32 Å². The highest BCUT2D eigenvalue weighted by molar-refractivity contribution is 7.90. The van der Waals surface area contributed by atoms with Crippen molar-refractivity contribution in [2.45, 2.75) is 12.3 Å². The number of hydrogen-bond acceptors (Lipinski definition) is 3. The molecule has 1 N–H and O–H groups in total. The van der Waals surface area contributed by atoms with Gasteiger partial charge < -0.3 is 5.32 Å². The minimum absolute atomic E-state index is 0.0834. The zero-order valence-electron chi connectivity index (χ0n) is 7.39. The molecule has 0 saturated carbocycles. The number of alkyl halides is 2. The van der Waals surface area contributed by atoms with Gasteiger partial charge in [0.2, 0.25) is 0 Å².